The van der Waals surface area contributed by atoms with Gasteiger partial charge in [-0.1, -0.05) is 11.6 Å². The second kappa shape index (κ2) is 6.88. The highest BCUT2D eigenvalue weighted by Gasteiger charge is 2.42. The monoisotopic (exact) mass is 428 g/mol. The molecule has 0 N–H and O–H groups in total. The molecule has 9 heteroatoms. The molecule has 0 unspecified atom stereocenters. The number of hydrogen-bond donors (Lipinski definition) is 0. The highest BCUT2D eigenvalue weighted by molar-refractivity contribution is 6.33. The Morgan fingerprint density at radius 2 is 1.96 bits per heavy atom. The summed E-state index contributed by atoms with van der Waals surface area (Å²) in [5.41, 5.74) is 1.39. The Hall–Kier alpha value is -1.86. The molecule has 1 aliphatic carbocycles. The van der Waals surface area contributed by atoms with E-state index in [1.165, 1.54) is 12.3 Å². The summed E-state index contributed by atoms with van der Waals surface area (Å²) in [6.45, 7) is 3.83. The second-order valence-corrected chi connectivity index (χ2v) is 8.14. The summed E-state index contributed by atoms with van der Waals surface area (Å²) < 4.78 is 44.3. The van der Waals surface area contributed by atoms with Crippen molar-refractivity contribution in [1.29, 1.82) is 0 Å². The predicted octanol–water partition coefficient (Wildman–Crippen LogP) is 6.42. The van der Waals surface area contributed by atoms with Gasteiger partial charge in [-0.25, -0.2) is 28.1 Å². The number of aromatic nitrogens is 4. The quantitative estimate of drug-likeness (QED) is 0.451. The zero-order chi connectivity index (χ0) is 20.2. The lowest BCUT2D eigenvalue weighted by atomic mass is 10.1. The number of rotatable bonds is 3. The molecule has 1 aromatic carbocycles. The van der Waals surface area contributed by atoms with Crippen molar-refractivity contribution in [2.24, 2.45) is 0 Å². The van der Waals surface area contributed by atoms with Gasteiger partial charge in [0.1, 0.15) is 11.3 Å². The molecule has 4 rings (SSSR count). The van der Waals surface area contributed by atoms with Crippen molar-refractivity contribution in [2.45, 2.75) is 51.0 Å². The van der Waals surface area contributed by atoms with Crippen molar-refractivity contribution >= 4 is 34.2 Å². The van der Waals surface area contributed by atoms with Crippen LogP contribution in [0.5, 0.6) is 0 Å². The van der Waals surface area contributed by atoms with Crippen molar-refractivity contribution < 1.29 is 13.2 Å². The lowest BCUT2D eigenvalue weighted by Gasteiger charge is -2.17. The third kappa shape index (κ3) is 3.35. The Balaban J connectivity index is 1.92. The van der Waals surface area contributed by atoms with E-state index in [1.54, 1.807) is 6.07 Å². The molecule has 1 saturated carbocycles. The lowest BCUT2D eigenvalue weighted by Crippen LogP contribution is -2.13. The van der Waals surface area contributed by atoms with Crippen LogP contribution in [0.1, 0.15) is 50.9 Å². The van der Waals surface area contributed by atoms with Crippen LogP contribution in [0.2, 0.25) is 10.3 Å². The van der Waals surface area contributed by atoms with Gasteiger partial charge in [0.25, 0.3) is 0 Å². The summed E-state index contributed by atoms with van der Waals surface area (Å²) >= 11 is 12.0. The maximum absolute atomic E-state index is 14.9. The van der Waals surface area contributed by atoms with E-state index in [0.717, 1.165) is 0 Å². The van der Waals surface area contributed by atoms with Crippen molar-refractivity contribution in [2.75, 3.05) is 0 Å². The van der Waals surface area contributed by atoms with E-state index in [0.29, 0.717) is 29.0 Å². The van der Waals surface area contributed by atoms with Crippen LogP contribution in [-0.2, 0) is 0 Å². The Bertz CT molecular complexity index is 1070. The molecule has 0 saturated heterocycles. The minimum absolute atomic E-state index is 0.00820. The van der Waals surface area contributed by atoms with E-state index in [2.05, 4.69) is 15.0 Å². The van der Waals surface area contributed by atoms with Gasteiger partial charge in [-0.3, -0.25) is 0 Å². The molecular weight excluding hydrogens is 412 g/mol. The van der Waals surface area contributed by atoms with Gasteiger partial charge in [0.05, 0.1) is 22.4 Å². The van der Waals surface area contributed by atoms with Crippen molar-refractivity contribution in [3.63, 3.8) is 0 Å². The number of hydrogen-bond acceptors (Lipinski definition) is 3. The van der Waals surface area contributed by atoms with Gasteiger partial charge in [-0.2, -0.15) is 0 Å². The predicted molar refractivity (Wildman–Crippen MR) is 103 cm³/mol. The Morgan fingerprint density at radius 1 is 1.21 bits per heavy atom. The first-order valence-electron chi connectivity index (χ1n) is 8.94. The normalized spacial score (nSPS) is 19.1. The molecule has 4 nitrogen and oxygen atoms in total. The molecule has 2 heterocycles. The van der Waals surface area contributed by atoms with Crippen LogP contribution in [0.15, 0.2) is 18.3 Å². The van der Waals surface area contributed by atoms with E-state index in [1.807, 2.05) is 18.4 Å². The first-order valence-corrected chi connectivity index (χ1v) is 9.69. The molecule has 1 aliphatic rings. The fraction of sp³-hybridized carbons (Fsp3) is 0.421. The molecule has 3 aromatic rings. The number of nitrogens with zero attached hydrogens (tertiary/aromatic N) is 4. The van der Waals surface area contributed by atoms with Crippen LogP contribution in [0.4, 0.5) is 13.2 Å². The van der Waals surface area contributed by atoms with Crippen molar-refractivity contribution in [3.05, 3.63) is 40.3 Å². The smallest absolute Gasteiger partial charge is 0.248 e. The fourth-order valence-corrected chi connectivity index (χ4v) is 4.19. The van der Waals surface area contributed by atoms with Gasteiger partial charge in [0.2, 0.25) is 11.2 Å². The van der Waals surface area contributed by atoms with E-state index in [4.69, 9.17) is 23.2 Å². The summed E-state index contributed by atoms with van der Waals surface area (Å²) in [5.74, 6) is -3.20. The molecule has 2 aromatic heterocycles. The van der Waals surface area contributed by atoms with Gasteiger partial charge >= 0.3 is 0 Å². The summed E-state index contributed by atoms with van der Waals surface area (Å²) in [6.07, 6.45) is 1.22. The summed E-state index contributed by atoms with van der Waals surface area (Å²) in [5, 5.41) is 0.223. The standard InChI is InChI=1S/C19H17Cl2F3N4/c1-9(2)28-14-6-11(15-12(20)8-25-18(21)27-15)5-13(22)16(14)26-17(28)10-3-4-19(23,24)7-10/h5-6,8-10H,3-4,7H2,1-2H3/t10-/m0/s1. The third-order valence-corrected chi connectivity index (χ3v) is 5.51. The summed E-state index contributed by atoms with van der Waals surface area (Å²) in [7, 11) is 0. The first-order chi connectivity index (χ1) is 13.2. The van der Waals surface area contributed by atoms with E-state index >= 15 is 0 Å². The van der Waals surface area contributed by atoms with Crippen LogP contribution in [-0.4, -0.2) is 25.4 Å². The number of halogens is 5. The van der Waals surface area contributed by atoms with E-state index in [-0.39, 0.29) is 34.7 Å². The Morgan fingerprint density at radius 3 is 2.61 bits per heavy atom. The van der Waals surface area contributed by atoms with Gasteiger partial charge in [-0.05, 0) is 44.0 Å². The van der Waals surface area contributed by atoms with Crippen LogP contribution >= 0.6 is 23.2 Å². The van der Waals surface area contributed by atoms with E-state index < -0.39 is 17.7 Å². The number of alkyl halides is 2. The molecule has 148 valence electrons. The number of imidazole rings is 1. The average Bonchev–Trinajstić information content (AvgIpc) is 3.17. The number of benzene rings is 1. The molecule has 1 atom stereocenters. The highest BCUT2D eigenvalue weighted by atomic mass is 35.5. The van der Waals surface area contributed by atoms with Gasteiger partial charge in [0.15, 0.2) is 5.82 Å². The Labute approximate surface area is 169 Å². The second-order valence-electron chi connectivity index (χ2n) is 7.39. The van der Waals surface area contributed by atoms with Gasteiger partial charge in [0, 0.05) is 30.4 Å². The van der Waals surface area contributed by atoms with Crippen molar-refractivity contribution in [1.82, 2.24) is 19.5 Å². The molecule has 0 amide bonds. The summed E-state index contributed by atoms with van der Waals surface area (Å²) in [6, 6.07) is 2.90. The number of fused-ring (bicyclic) bond motifs is 1. The highest BCUT2D eigenvalue weighted by Crippen LogP contribution is 2.45. The first kappa shape index (κ1) is 19.5. The molecule has 0 radical (unpaired) electrons. The largest absolute Gasteiger partial charge is 0.325 e. The molecule has 0 aliphatic heterocycles. The molecular formula is C19H17Cl2F3N4. The van der Waals surface area contributed by atoms with Crippen LogP contribution in [0.3, 0.4) is 0 Å². The zero-order valence-electron chi connectivity index (χ0n) is 15.2. The lowest BCUT2D eigenvalue weighted by molar-refractivity contribution is 0.00744. The van der Waals surface area contributed by atoms with Crippen molar-refractivity contribution in [3.8, 4) is 11.3 Å². The van der Waals surface area contributed by atoms with Gasteiger partial charge in [-0.15, -0.1) is 0 Å². The van der Waals surface area contributed by atoms with Gasteiger partial charge < -0.3 is 4.57 Å². The molecule has 1 fully saturated rings. The van der Waals surface area contributed by atoms with Crippen LogP contribution in [0, 0.1) is 5.82 Å². The molecule has 0 spiro atoms. The summed E-state index contributed by atoms with van der Waals surface area (Å²) in [4.78, 5) is 12.3. The Kier molecular flexibility index (Phi) is 4.78. The SMILES string of the molecule is CC(C)n1c([C@H]2CCC(F)(F)C2)nc2c(F)cc(-c3nc(Cl)ncc3Cl)cc21. The molecule has 28 heavy (non-hydrogen) atoms. The minimum Gasteiger partial charge on any atom is -0.325 e. The minimum atomic E-state index is -2.71. The van der Waals surface area contributed by atoms with Crippen LogP contribution < -0.4 is 0 Å². The average molecular weight is 429 g/mol. The van der Waals surface area contributed by atoms with E-state index in [9.17, 15) is 13.2 Å². The maximum Gasteiger partial charge on any atom is 0.248 e. The van der Waals surface area contributed by atoms with Crippen LogP contribution in [0.25, 0.3) is 22.3 Å². The maximum atomic E-state index is 14.9. The third-order valence-electron chi connectivity index (χ3n) is 5.05. The topological polar surface area (TPSA) is 43.6 Å². The fourth-order valence-electron chi connectivity index (χ4n) is 3.86. The zero-order valence-corrected chi connectivity index (χ0v) is 16.7. The molecule has 0 bridgehead atoms.